The Hall–Kier alpha value is -1.38. The lowest BCUT2D eigenvalue weighted by Crippen LogP contribution is -2.14. The van der Waals surface area contributed by atoms with Crippen molar-refractivity contribution in [3.63, 3.8) is 0 Å². The number of pyridine rings is 1. The Morgan fingerprint density at radius 3 is 2.69 bits per heavy atom. The summed E-state index contributed by atoms with van der Waals surface area (Å²) in [6.07, 6.45) is 1.55. The highest BCUT2D eigenvalue weighted by Crippen LogP contribution is 2.17. The molecule has 0 bridgehead atoms. The fraction of sp³-hybridized carbons (Fsp3) is 0.538. The number of carbonyl (C=O) groups excluding carboxylic acids is 1. The van der Waals surface area contributed by atoms with Gasteiger partial charge in [-0.1, -0.05) is 6.92 Å². The standard InChI is InChI=1S/C13H19NO2/c1-5-11(10(3)15)7-12-8-13(16-4)6-9(2)14-12/h6,8,11H,5,7H2,1-4H3. The maximum atomic E-state index is 11.4. The maximum Gasteiger partial charge on any atom is 0.133 e. The minimum absolute atomic E-state index is 0.0685. The van der Waals surface area contributed by atoms with Crippen molar-refractivity contribution in [3.05, 3.63) is 23.5 Å². The number of hydrogen-bond acceptors (Lipinski definition) is 3. The molecule has 1 unspecified atom stereocenters. The van der Waals surface area contributed by atoms with Gasteiger partial charge in [0.15, 0.2) is 0 Å². The Bertz CT molecular complexity index is 374. The zero-order valence-electron chi connectivity index (χ0n) is 10.4. The van der Waals surface area contributed by atoms with E-state index in [4.69, 9.17) is 4.74 Å². The van der Waals surface area contributed by atoms with Crippen molar-refractivity contribution in [3.8, 4) is 5.75 Å². The first-order valence-corrected chi connectivity index (χ1v) is 5.58. The zero-order valence-corrected chi connectivity index (χ0v) is 10.4. The number of Topliss-reactive ketones (excluding diaryl/α,β-unsaturated/α-hetero) is 1. The Morgan fingerprint density at radius 1 is 1.50 bits per heavy atom. The van der Waals surface area contributed by atoms with Crippen LogP contribution in [0.1, 0.15) is 31.7 Å². The molecule has 1 heterocycles. The lowest BCUT2D eigenvalue weighted by Gasteiger charge is -2.12. The summed E-state index contributed by atoms with van der Waals surface area (Å²) in [6.45, 7) is 5.60. The second-order valence-corrected chi connectivity index (χ2v) is 4.06. The Labute approximate surface area is 96.8 Å². The summed E-state index contributed by atoms with van der Waals surface area (Å²) >= 11 is 0. The third-order valence-electron chi connectivity index (χ3n) is 2.74. The first-order chi connectivity index (χ1) is 7.56. The highest BCUT2D eigenvalue weighted by molar-refractivity contribution is 5.78. The van der Waals surface area contributed by atoms with E-state index < -0.39 is 0 Å². The van der Waals surface area contributed by atoms with E-state index in [9.17, 15) is 4.79 Å². The van der Waals surface area contributed by atoms with Gasteiger partial charge in [0.25, 0.3) is 0 Å². The van der Waals surface area contributed by atoms with Gasteiger partial charge >= 0.3 is 0 Å². The van der Waals surface area contributed by atoms with Gasteiger partial charge in [0.1, 0.15) is 11.5 Å². The summed E-state index contributed by atoms with van der Waals surface area (Å²) in [5, 5.41) is 0. The van der Waals surface area contributed by atoms with Crippen molar-refractivity contribution < 1.29 is 9.53 Å². The molecule has 1 aromatic rings. The molecule has 16 heavy (non-hydrogen) atoms. The van der Waals surface area contributed by atoms with Crippen molar-refractivity contribution in [2.45, 2.75) is 33.6 Å². The summed E-state index contributed by atoms with van der Waals surface area (Å²) in [7, 11) is 1.64. The lowest BCUT2D eigenvalue weighted by molar-refractivity contribution is -0.120. The minimum Gasteiger partial charge on any atom is -0.497 e. The van der Waals surface area contributed by atoms with E-state index in [2.05, 4.69) is 4.98 Å². The third-order valence-corrected chi connectivity index (χ3v) is 2.74. The second-order valence-electron chi connectivity index (χ2n) is 4.06. The van der Waals surface area contributed by atoms with Gasteiger partial charge in [-0.25, -0.2) is 0 Å². The fourth-order valence-electron chi connectivity index (χ4n) is 1.75. The number of ether oxygens (including phenoxy) is 1. The summed E-state index contributed by atoms with van der Waals surface area (Å²) in [6, 6.07) is 3.79. The van der Waals surface area contributed by atoms with E-state index in [-0.39, 0.29) is 11.7 Å². The van der Waals surface area contributed by atoms with Crippen LogP contribution >= 0.6 is 0 Å². The van der Waals surface area contributed by atoms with E-state index in [1.165, 1.54) is 0 Å². The molecular weight excluding hydrogens is 202 g/mol. The van der Waals surface area contributed by atoms with Gasteiger partial charge in [-0.15, -0.1) is 0 Å². The van der Waals surface area contributed by atoms with Crippen molar-refractivity contribution in [1.82, 2.24) is 4.98 Å². The first-order valence-electron chi connectivity index (χ1n) is 5.58. The van der Waals surface area contributed by atoms with Crippen LogP contribution in [0.15, 0.2) is 12.1 Å². The molecule has 0 aliphatic carbocycles. The zero-order chi connectivity index (χ0) is 12.1. The van der Waals surface area contributed by atoms with Gasteiger partial charge in [0.2, 0.25) is 0 Å². The van der Waals surface area contributed by atoms with Gasteiger partial charge in [-0.2, -0.15) is 0 Å². The summed E-state index contributed by atoms with van der Waals surface area (Å²) in [5.74, 6) is 1.10. The van der Waals surface area contributed by atoms with E-state index in [1.807, 2.05) is 26.0 Å². The number of methoxy groups -OCH3 is 1. The molecule has 1 rings (SSSR count). The number of aryl methyl sites for hydroxylation is 1. The Balaban J connectivity index is 2.87. The van der Waals surface area contributed by atoms with Crippen LogP contribution in [-0.2, 0) is 11.2 Å². The monoisotopic (exact) mass is 221 g/mol. The molecule has 0 aromatic carbocycles. The van der Waals surface area contributed by atoms with Gasteiger partial charge in [0, 0.05) is 29.4 Å². The van der Waals surface area contributed by atoms with Crippen LogP contribution < -0.4 is 4.74 Å². The van der Waals surface area contributed by atoms with Gasteiger partial charge < -0.3 is 4.74 Å². The molecule has 0 saturated carbocycles. The Morgan fingerprint density at radius 2 is 2.19 bits per heavy atom. The highest BCUT2D eigenvalue weighted by Gasteiger charge is 2.14. The van der Waals surface area contributed by atoms with Crippen LogP contribution in [0.2, 0.25) is 0 Å². The average molecular weight is 221 g/mol. The molecule has 0 spiro atoms. The molecule has 0 N–H and O–H groups in total. The van der Waals surface area contributed by atoms with E-state index in [0.29, 0.717) is 6.42 Å². The SMILES string of the molecule is CCC(Cc1cc(OC)cc(C)n1)C(C)=O. The number of carbonyl (C=O) groups is 1. The molecule has 3 heteroatoms. The van der Waals surface area contributed by atoms with E-state index in [0.717, 1.165) is 23.6 Å². The predicted molar refractivity (Wildman–Crippen MR) is 63.7 cm³/mol. The summed E-state index contributed by atoms with van der Waals surface area (Å²) in [5.41, 5.74) is 1.85. The largest absolute Gasteiger partial charge is 0.497 e. The molecule has 3 nitrogen and oxygen atoms in total. The van der Waals surface area contributed by atoms with Crippen molar-refractivity contribution in [2.24, 2.45) is 5.92 Å². The maximum absolute atomic E-state index is 11.4. The first kappa shape index (κ1) is 12.7. The second kappa shape index (κ2) is 5.64. The molecule has 0 aliphatic heterocycles. The lowest BCUT2D eigenvalue weighted by atomic mass is 9.96. The van der Waals surface area contributed by atoms with Gasteiger partial charge in [0.05, 0.1) is 7.11 Å². The molecule has 88 valence electrons. The molecule has 1 atom stereocenters. The highest BCUT2D eigenvalue weighted by atomic mass is 16.5. The molecule has 0 saturated heterocycles. The van der Waals surface area contributed by atoms with Crippen LogP contribution in [0.25, 0.3) is 0 Å². The predicted octanol–water partition coefficient (Wildman–Crippen LogP) is 2.56. The normalized spacial score (nSPS) is 12.2. The smallest absolute Gasteiger partial charge is 0.133 e. The fourth-order valence-corrected chi connectivity index (χ4v) is 1.75. The molecule has 0 amide bonds. The average Bonchev–Trinajstić information content (AvgIpc) is 2.24. The van der Waals surface area contributed by atoms with Crippen LogP contribution in [0, 0.1) is 12.8 Å². The van der Waals surface area contributed by atoms with E-state index >= 15 is 0 Å². The molecule has 0 fully saturated rings. The van der Waals surface area contributed by atoms with Crippen molar-refractivity contribution in [2.75, 3.05) is 7.11 Å². The van der Waals surface area contributed by atoms with E-state index in [1.54, 1.807) is 14.0 Å². The van der Waals surface area contributed by atoms with Crippen LogP contribution in [0.4, 0.5) is 0 Å². The van der Waals surface area contributed by atoms with Crippen molar-refractivity contribution >= 4 is 5.78 Å². The number of nitrogens with zero attached hydrogens (tertiary/aromatic N) is 1. The van der Waals surface area contributed by atoms with Gasteiger partial charge in [-0.3, -0.25) is 9.78 Å². The number of hydrogen-bond donors (Lipinski definition) is 0. The van der Waals surface area contributed by atoms with Crippen LogP contribution in [0.3, 0.4) is 0 Å². The van der Waals surface area contributed by atoms with Crippen LogP contribution in [0.5, 0.6) is 5.75 Å². The molecule has 0 radical (unpaired) electrons. The summed E-state index contributed by atoms with van der Waals surface area (Å²) < 4.78 is 5.19. The molecule has 0 aliphatic rings. The third kappa shape index (κ3) is 3.33. The molecule has 1 aromatic heterocycles. The topological polar surface area (TPSA) is 39.2 Å². The Kier molecular flexibility index (Phi) is 4.47. The minimum atomic E-state index is 0.0685. The number of ketones is 1. The molecular formula is C13H19NO2. The number of aromatic nitrogens is 1. The quantitative estimate of drug-likeness (QED) is 0.767. The summed E-state index contributed by atoms with van der Waals surface area (Å²) in [4.78, 5) is 15.8. The van der Waals surface area contributed by atoms with Crippen molar-refractivity contribution in [1.29, 1.82) is 0 Å². The van der Waals surface area contributed by atoms with Gasteiger partial charge in [-0.05, 0) is 26.7 Å². The van der Waals surface area contributed by atoms with Crippen LogP contribution in [-0.4, -0.2) is 17.9 Å². The number of rotatable bonds is 5.